The number of aliphatic imine (C=N–C) groups is 1. The molecule has 5 nitrogen and oxygen atoms in total. The summed E-state index contributed by atoms with van der Waals surface area (Å²) in [5.41, 5.74) is 0. The van der Waals surface area contributed by atoms with E-state index in [9.17, 15) is 0 Å². The molecular formula is C14H30IN3O2. The van der Waals surface area contributed by atoms with E-state index in [2.05, 4.69) is 29.5 Å². The van der Waals surface area contributed by atoms with Gasteiger partial charge in [-0.3, -0.25) is 4.99 Å². The van der Waals surface area contributed by atoms with E-state index >= 15 is 0 Å². The van der Waals surface area contributed by atoms with Gasteiger partial charge < -0.3 is 20.1 Å². The Hall–Kier alpha value is -0.0800. The molecule has 0 saturated carbocycles. The molecule has 0 aromatic heterocycles. The maximum atomic E-state index is 5.60. The van der Waals surface area contributed by atoms with E-state index in [0.717, 1.165) is 45.0 Å². The van der Waals surface area contributed by atoms with Crippen LogP contribution in [0.5, 0.6) is 0 Å². The summed E-state index contributed by atoms with van der Waals surface area (Å²) in [5.74, 6) is 0.886. The summed E-state index contributed by atoms with van der Waals surface area (Å²) in [5, 5.41) is 6.51. The van der Waals surface area contributed by atoms with Crippen molar-refractivity contribution in [1.82, 2.24) is 10.6 Å². The van der Waals surface area contributed by atoms with Crippen LogP contribution in [0.15, 0.2) is 4.99 Å². The second-order valence-corrected chi connectivity index (χ2v) is 4.75. The van der Waals surface area contributed by atoms with Crippen LogP contribution in [0.2, 0.25) is 0 Å². The number of rotatable bonds is 9. The van der Waals surface area contributed by atoms with E-state index in [0.29, 0.717) is 19.3 Å². The van der Waals surface area contributed by atoms with Crippen molar-refractivity contribution in [3.8, 4) is 0 Å². The van der Waals surface area contributed by atoms with Gasteiger partial charge in [-0.25, -0.2) is 0 Å². The fourth-order valence-corrected chi connectivity index (χ4v) is 1.92. The highest BCUT2D eigenvalue weighted by Gasteiger charge is 2.14. The fourth-order valence-electron chi connectivity index (χ4n) is 1.92. The van der Waals surface area contributed by atoms with E-state index < -0.39 is 0 Å². The van der Waals surface area contributed by atoms with Gasteiger partial charge in [0.1, 0.15) is 0 Å². The number of nitrogens with zero attached hydrogens (tertiary/aromatic N) is 1. The number of ether oxygens (including phenoxy) is 2. The Morgan fingerprint density at radius 3 is 2.85 bits per heavy atom. The van der Waals surface area contributed by atoms with Gasteiger partial charge in [0.2, 0.25) is 0 Å². The van der Waals surface area contributed by atoms with E-state index in [1.165, 1.54) is 12.8 Å². The molecule has 1 aliphatic rings. The van der Waals surface area contributed by atoms with Gasteiger partial charge in [-0.2, -0.15) is 0 Å². The second kappa shape index (κ2) is 13.9. The summed E-state index contributed by atoms with van der Waals surface area (Å²) < 4.78 is 11.1. The van der Waals surface area contributed by atoms with Crippen molar-refractivity contribution in [3.63, 3.8) is 0 Å². The average Bonchev–Trinajstić information content (AvgIpc) is 2.91. The summed E-state index contributed by atoms with van der Waals surface area (Å²) in [6, 6.07) is 0. The zero-order valence-electron chi connectivity index (χ0n) is 12.8. The van der Waals surface area contributed by atoms with Crippen molar-refractivity contribution in [2.45, 2.75) is 45.6 Å². The van der Waals surface area contributed by atoms with Gasteiger partial charge in [-0.05, 0) is 26.2 Å². The third kappa shape index (κ3) is 9.77. The minimum atomic E-state index is 0. The van der Waals surface area contributed by atoms with Gasteiger partial charge in [0, 0.05) is 26.2 Å². The molecular weight excluding hydrogens is 369 g/mol. The van der Waals surface area contributed by atoms with E-state index in [1.54, 1.807) is 0 Å². The molecule has 0 spiro atoms. The number of halogens is 1. The first-order chi connectivity index (χ1) is 9.36. The smallest absolute Gasteiger partial charge is 0.191 e. The molecule has 0 aromatic carbocycles. The molecule has 1 atom stereocenters. The van der Waals surface area contributed by atoms with E-state index in [1.807, 2.05) is 0 Å². The zero-order chi connectivity index (χ0) is 13.8. The molecule has 0 bridgehead atoms. The van der Waals surface area contributed by atoms with Gasteiger partial charge in [0.15, 0.2) is 5.96 Å². The molecule has 20 heavy (non-hydrogen) atoms. The molecule has 0 aliphatic carbocycles. The number of nitrogens with one attached hydrogen (secondary N) is 2. The molecule has 0 aromatic rings. The van der Waals surface area contributed by atoms with Gasteiger partial charge >= 0.3 is 0 Å². The number of guanidine groups is 1. The molecule has 1 unspecified atom stereocenters. The molecule has 1 aliphatic heterocycles. The van der Waals surface area contributed by atoms with Crippen molar-refractivity contribution >= 4 is 29.9 Å². The summed E-state index contributed by atoms with van der Waals surface area (Å²) in [6.07, 6.45) is 4.92. The van der Waals surface area contributed by atoms with Gasteiger partial charge in [0.05, 0.1) is 19.3 Å². The van der Waals surface area contributed by atoms with Crippen LogP contribution in [0.3, 0.4) is 0 Å². The van der Waals surface area contributed by atoms with E-state index in [-0.39, 0.29) is 24.0 Å². The van der Waals surface area contributed by atoms with Crippen molar-refractivity contribution < 1.29 is 9.47 Å². The highest BCUT2D eigenvalue weighted by molar-refractivity contribution is 14.0. The summed E-state index contributed by atoms with van der Waals surface area (Å²) in [6.45, 7) is 9.09. The third-order valence-electron chi connectivity index (χ3n) is 2.99. The molecule has 1 fully saturated rings. The number of unbranched alkanes of at least 4 members (excludes halogenated alkanes) is 1. The Morgan fingerprint density at radius 2 is 2.20 bits per heavy atom. The van der Waals surface area contributed by atoms with Crippen LogP contribution >= 0.6 is 24.0 Å². The van der Waals surface area contributed by atoms with Crippen LogP contribution < -0.4 is 10.6 Å². The minimum absolute atomic E-state index is 0. The summed E-state index contributed by atoms with van der Waals surface area (Å²) >= 11 is 0. The van der Waals surface area contributed by atoms with Crippen molar-refractivity contribution in [3.05, 3.63) is 0 Å². The Morgan fingerprint density at radius 1 is 1.35 bits per heavy atom. The quantitative estimate of drug-likeness (QED) is 0.270. The van der Waals surface area contributed by atoms with Gasteiger partial charge in [-0.15, -0.1) is 24.0 Å². The lowest BCUT2D eigenvalue weighted by Gasteiger charge is -2.13. The topological polar surface area (TPSA) is 54.9 Å². The SMILES string of the molecule is CCCCN=C(NCC)NCCOCC1CCCO1.I. The monoisotopic (exact) mass is 399 g/mol. The zero-order valence-corrected chi connectivity index (χ0v) is 15.2. The summed E-state index contributed by atoms with van der Waals surface area (Å²) in [4.78, 5) is 4.49. The van der Waals surface area contributed by atoms with Gasteiger partial charge in [-0.1, -0.05) is 13.3 Å². The maximum Gasteiger partial charge on any atom is 0.191 e. The highest BCUT2D eigenvalue weighted by Crippen LogP contribution is 2.11. The average molecular weight is 399 g/mol. The Kier molecular flexibility index (Phi) is 13.8. The first-order valence-corrected chi connectivity index (χ1v) is 7.58. The van der Waals surface area contributed by atoms with Crippen LogP contribution in [0.25, 0.3) is 0 Å². The summed E-state index contributed by atoms with van der Waals surface area (Å²) in [7, 11) is 0. The Bertz CT molecular complexity index is 247. The lowest BCUT2D eigenvalue weighted by atomic mass is 10.2. The third-order valence-corrected chi connectivity index (χ3v) is 2.99. The predicted octanol–water partition coefficient (Wildman–Crippen LogP) is 2.16. The van der Waals surface area contributed by atoms with E-state index in [4.69, 9.17) is 9.47 Å². The lowest BCUT2D eigenvalue weighted by Crippen LogP contribution is -2.39. The molecule has 0 amide bonds. The molecule has 6 heteroatoms. The highest BCUT2D eigenvalue weighted by atomic mass is 127. The van der Waals surface area contributed by atoms with Crippen LogP contribution in [-0.2, 0) is 9.47 Å². The molecule has 0 radical (unpaired) electrons. The first-order valence-electron chi connectivity index (χ1n) is 7.58. The van der Waals surface area contributed by atoms with Crippen LogP contribution in [0, 0.1) is 0 Å². The molecule has 1 heterocycles. The second-order valence-electron chi connectivity index (χ2n) is 4.75. The predicted molar refractivity (Wildman–Crippen MR) is 94.1 cm³/mol. The van der Waals surface area contributed by atoms with Crippen LogP contribution in [0.4, 0.5) is 0 Å². The van der Waals surface area contributed by atoms with Crippen molar-refractivity contribution in [2.75, 3.05) is 39.5 Å². The van der Waals surface area contributed by atoms with Gasteiger partial charge in [0.25, 0.3) is 0 Å². The minimum Gasteiger partial charge on any atom is -0.377 e. The molecule has 2 N–H and O–H groups in total. The standard InChI is InChI=1S/C14H29N3O2.HI/c1-3-5-8-16-14(15-4-2)17-9-11-18-12-13-7-6-10-19-13;/h13H,3-12H2,1-2H3,(H2,15,16,17);1H. The molecule has 120 valence electrons. The maximum absolute atomic E-state index is 5.60. The fraction of sp³-hybridized carbons (Fsp3) is 0.929. The number of hydrogen-bond donors (Lipinski definition) is 2. The number of hydrogen-bond acceptors (Lipinski definition) is 3. The van der Waals surface area contributed by atoms with Crippen molar-refractivity contribution in [2.24, 2.45) is 4.99 Å². The molecule has 1 saturated heterocycles. The largest absolute Gasteiger partial charge is 0.377 e. The van der Waals surface area contributed by atoms with Crippen molar-refractivity contribution in [1.29, 1.82) is 0 Å². The Labute approximate surface area is 140 Å². The first kappa shape index (κ1) is 19.9. The Balaban J connectivity index is 0.00000361. The lowest BCUT2D eigenvalue weighted by molar-refractivity contribution is 0.0191. The van der Waals surface area contributed by atoms with Crippen LogP contribution in [-0.4, -0.2) is 51.5 Å². The van der Waals surface area contributed by atoms with Crippen LogP contribution in [0.1, 0.15) is 39.5 Å². The normalized spacial score (nSPS) is 18.7. The molecule has 1 rings (SSSR count).